The van der Waals surface area contributed by atoms with Crippen LogP contribution in [0.15, 0.2) is 24.3 Å². The number of rotatable bonds is 2. The molecule has 0 amide bonds. The molecule has 0 aliphatic carbocycles. The summed E-state index contributed by atoms with van der Waals surface area (Å²) in [5.74, 6) is 0.614. The number of hydrogen-bond donors (Lipinski definition) is 1. The van der Waals surface area contributed by atoms with Crippen LogP contribution in [-0.2, 0) is 0 Å². The lowest BCUT2D eigenvalue weighted by atomic mass is 10.0. The van der Waals surface area contributed by atoms with Gasteiger partial charge in [-0.3, -0.25) is 0 Å². The molecule has 15 heavy (non-hydrogen) atoms. The highest BCUT2D eigenvalue weighted by molar-refractivity contribution is 5.45. The predicted molar refractivity (Wildman–Crippen MR) is 72.8 cm³/mol. The van der Waals surface area contributed by atoms with Crippen LogP contribution in [0.4, 0.5) is 5.69 Å². The van der Waals surface area contributed by atoms with Crippen molar-refractivity contribution in [1.82, 2.24) is 0 Å². The van der Waals surface area contributed by atoms with Crippen LogP contribution >= 0.6 is 0 Å². The van der Waals surface area contributed by atoms with E-state index in [1.54, 1.807) is 0 Å². The number of anilines is 1. The van der Waals surface area contributed by atoms with Crippen molar-refractivity contribution in [1.29, 1.82) is 0 Å². The van der Waals surface area contributed by atoms with Gasteiger partial charge in [-0.2, -0.15) is 0 Å². The molecule has 0 aromatic heterocycles. The second-order valence-corrected chi connectivity index (χ2v) is 3.03. The molecule has 0 radical (unpaired) electrons. The Morgan fingerprint density at radius 1 is 1.00 bits per heavy atom. The third-order valence-electron chi connectivity index (χ3n) is 1.84. The molecule has 0 fully saturated rings. The van der Waals surface area contributed by atoms with E-state index in [0.717, 1.165) is 0 Å². The van der Waals surface area contributed by atoms with E-state index >= 15 is 0 Å². The van der Waals surface area contributed by atoms with Gasteiger partial charge in [0, 0.05) is 12.7 Å². The van der Waals surface area contributed by atoms with Crippen LogP contribution in [0.3, 0.4) is 0 Å². The average Bonchev–Trinajstić information content (AvgIpc) is 2.34. The fraction of sp³-hybridized carbons (Fsp3) is 0.571. The van der Waals surface area contributed by atoms with Gasteiger partial charge in [-0.05, 0) is 23.6 Å². The first kappa shape index (κ1) is 16.4. The molecule has 0 saturated carbocycles. The summed E-state index contributed by atoms with van der Waals surface area (Å²) in [6.07, 6.45) is 0. The van der Waals surface area contributed by atoms with Crippen molar-refractivity contribution >= 4 is 5.69 Å². The smallest absolute Gasteiger partial charge is 0.0340 e. The second-order valence-electron chi connectivity index (χ2n) is 3.03. The van der Waals surface area contributed by atoms with Gasteiger partial charge in [0.15, 0.2) is 0 Å². The molecule has 1 heteroatoms. The minimum Gasteiger partial charge on any atom is -0.388 e. The van der Waals surface area contributed by atoms with Gasteiger partial charge in [-0.1, -0.05) is 53.7 Å². The topological polar surface area (TPSA) is 12.0 Å². The Kier molecular flexibility index (Phi) is 12.2. The van der Waals surface area contributed by atoms with Gasteiger partial charge in [0.2, 0.25) is 0 Å². The molecule has 1 nitrogen and oxygen atoms in total. The van der Waals surface area contributed by atoms with Crippen molar-refractivity contribution in [3.8, 4) is 0 Å². The van der Waals surface area contributed by atoms with Gasteiger partial charge in [0.25, 0.3) is 0 Å². The number of benzene rings is 1. The highest BCUT2D eigenvalue weighted by Gasteiger charge is 1.97. The molecule has 0 heterocycles. The molecule has 1 rings (SSSR count). The quantitative estimate of drug-likeness (QED) is 0.730. The van der Waals surface area contributed by atoms with E-state index in [-0.39, 0.29) is 0 Å². The Morgan fingerprint density at radius 2 is 1.53 bits per heavy atom. The van der Waals surface area contributed by atoms with Crippen molar-refractivity contribution in [3.05, 3.63) is 29.8 Å². The number of nitrogens with one attached hydrogen (secondary N) is 1. The maximum absolute atomic E-state index is 3.12. The van der Waals surface area contributed by atoms with Crippen molar-refractivity contribution in [2.24, 2.45) is 0 Å². The van der Waals surface area contributed by atoms with Crippen LogP contribution < -0.4 is 5.32 Å². The SMILES string of the molecule is CC.CC.CNc1cccc(C(C)C)c1. The lowest BCUT2D eigenvalue weighted by Crippen LogP contribution is -1.91. The Labute approximate surface area is 95.9 Å². The maximum Gasteiger partial charge on any atom is 0.0340 e. The summed E-state index contributed by atoms with van der Waals surface area (Å²) in [4.78, 5) is 0. The standard InChI is InChI=1S/C10H15N.2C2H6/c1-8(2)9-5-4-6-10(7-9)11-3;2*1-2/h4-8,11H,1-3H3;2*1-2H3. The normalized spacial score (nSPS) is 8.27. The van der Waals surface area contributed by atoms with Gasteiger partial charge in [-0.15, -0.1) is 0 Å². The van der Waals surface area contributed by atoms with Gasteiger partial charge in [0.1, 0.15) is 0 Å². The molecule has 0 saturated heterocycles. The Hall–Kier alpha value is -0.980. The van der Waals surface area contributed by atoms with Crippen LogP contribution in [0.25, 0.3) is 0 Å². The first-order valence-corrected chi connectivity index (χ1v) is 6.01. The van der Waals surface area contributed by atoms with Crippen LogP contribution in [-0.4, -0.2) is 7.05 Å². The minimum absolute atomic E-state index is 0.614. The van der Waals surface area contributed by atoms with E-state index in [1.165, 1.54) is 11.3 Å². The monoisotopic (exact) mass is 209 g/mol. The van der Waals surface area contributed by atoms with Crippen LogP contribution in [0.1, 0.15) is 53.0 Å². The van der Waals surface area contributed by atoms with E-state index in [2.05, 4.69) is 43.4 Å². The molecule has 88 valence electrons. The van der Waals surface area contributed by atoms with Gasteiger partial charge < -0.3 is 5.32 Å². The highest BCUT2D eigenvalue weighted by atomic mass is 14.8. The number of hydrogen-bond acceptors (Lipinski definition) is 1. The van der Waals surface area contributed by atoms with E-state index in [0.29, 0.717) is 5.92 Å². The molecule has 1 aromatic rings. The Bertz CT molecular complexity index is 229. The second kappa shape index (κ2) is 11.1. The molecule has 0 spiro atoms. The van der Waals surface area contributed by atoms with Crippen molar-refractivity contribution in [2.45, 2.75) is 47.5 Å². The Balaban J connectivity index is 0. The third kappa shape index (κ3) is 7.01. The van der Waals surface area contributed by atoms with E-state index < -0.39 is 0 Å². The Morgan fingerprint density at radius 3 is 1.93 bits per heavy atom. The van der Waals surface area contributed by atoms with Gasteiger partial charge in [0.05, 0.1) is 0 Å². The summed E-state index contributed by atoms with van der Waals surface area (Å²) in [6.45, 7) is 12.4. The van der Waals surface area contributed by atoms with Crippen molar-refractivity contribution < 1.29 is 0 Å². The zero-order chi connectivity index (χ0) is 12.3. The van der Waals surface area contributed by atoms with Crippen LogP contribution in [0, 0.1) is 0 Å². The molecule has 0 aliphatic rings. The molecule has 1 N–H and O–H groups in total. The highest BCUT2D eigenvalue weighted by Crippen LogP contribution is 2.17. The zero-order valence-corrected chi connectivity index (χ0v) is 11.4. The van der Waals surface area contributed by atoms with E-state index in [4.69, 9.17) is 0 Å². The van der Waals surface area contributed by atoms with Gasteiger partial charge in [-0.25, -0.2) is 0 Å². The summed E-state index contributed by atoms with van der Waals surface area (Å²) in [6, 6.07) is 8.50. The zero-order valence-electron chi connectivity index (χ0n) is 11.4. The first-order chi connectivity index (χ1) is 7.24. The third-order valence-corrected chi connectivity index (χ3v) is 1.84. The average molecular weight is 209 g/mol. The van der Waals surface area contributed by atoms with Gasteiger partial charge >= 0.3 is 0 Å². The molecular weight excluding hydrogens is 182 g/mol. The summed E-state index contributed by atoms with van der Waals surface area (Å²) >= 11 is 0. The maximum atomic E-state index is 3.12. The molecule has 0 bridgehead atoms. The lowest BCUT2D eigenvalue weighted by molar-refractivity contribution is 0.867. The fourth-order valence-electron chi connectivity index (χ4n) is 1.05. The summed E-state index contributed by atoms with van der Waals surface area (Å²) < 4.78 is 0. The van der Waals surface area contributed by atoms with Crippen molar-refractivity contribution in [3.63, 3.8) is 0 Å². The summed E-state index contributed by atoms with van der Waals surface area (Å²) in [7, 11) is 1.94. The predicted octanol–water partition coefficient (Wildman–Crippen LogP) is 4.90. The molecular formula is C14H27N. The molecule has 0 unspecified atom stereocenters. The molecule has 1 aromatic carbocycles. The largest absolute Gasteiger partial charge is 0.388 e. The minimum atomic E-state index is 0.614. The van der Waals surface area contributed by atoms with Crippen LogP contribution in [0.2, 0.25) is 0 Å². The molecule has 0 aliphatic heterocycles. The van der Waals surface area contributed by atoms with Crippen LogP contribution in [0.5, 0.6) is 0 Å². The van der Waals surface area contributed by atoms with Crippen molar-refractivity contribution in [2.75, 3.05) is 12.4 Å². The summed E-state index contributed by atoms with van der Waals surface area (Å²) in [5, 5.41) is 3.12. The summed E-state index contributed by atoms with van der Waals surface area (Å²) in [5.41, 5.74) is 2.58. The van der Waals surface area contributed by atoms with E-state index in [9.17, 15) is 0 Å². The lowest BCUT2D eigenvalue weighted by Gasteiger charge is -2.06. The molecule has 0 atom stereocenters. The first-order valence-electron chi connectivity index (χ1n) is 6.01. The fourth-order valence-corrected chi connectivity index (χ4v) is 1.05. The van der Waals surface area contributed by atoms with E-state index in [1.807, 2.05) is 34.7 Å².